The number of nitrogens with zero attached hydrogens (tertiary/aromatic N) is 2. The van der Waals surface area contributed by atoms with Crippen LogP contribution in [0.5, 0.6) is 0 Å². The molecule has 10 atom stereocenters. The maximum Gasteiger partial charge on any atom is 0.309 e. The van der Waals surface area contributed by atoms with E-state index in [1.807, 2.05) is 12.1 Å². The molecule has 4 fully saturated rings. The molecule has 0 spiro atoms. The van der Waals surface area contributed by atoms with E-state index in [0.29, 0.717) is 30.2 Å². The van der Waals surface area contributed by atoms with Crippen molar-refractivity contribution in [3.63, 3.8) is 0 Å². The summed E-state index contributed by atoms with van der Waals surface area (Å²) in [5.74, 6) is 1.17. The van der Waals surface area contributed by atoms with E-state index >= 15 is 0 Å². The van der Waals surface area contributed by atoms with Crippen molar-refractivity contribution in [3.05, 3.63) is 57.8 Å². The number of aliphatic hydroxyl groups excluding tert-OH is 2. The molecule has 7 unspecified atom stereocenters. The van der Waals surface area contributed by atoms with Crippen molar-refractivity contribution in [2.45, 2.75) is 158 Å². The van der Waals surface area contributed by atoms with Gasteiger partial charge in [-0.1, -0.05) is 83.3 Å². The molecule has 54 heavy (non-hydrogen) atoms. The zero-order valence-electron chi connectivity index (χ0n) is 34.8. The van der Waals surface area contributed by atoms with Crippen LogP contribution in [0.25, 0.3) is 0 Å². The molecule has 7 rings (SSSR count). The summed E-state index contributed by atoms with van der Waals surface area (Å²) in [7, 11) is 2.17. The van der Waals surface area contributed by atoms with Gasteiger partial charge >= 0.3 is 5.97 Å². The van der Waals surface area contributed by atoms with Gasteiger partial charge in [-0.2, -0.15) is 5.01 Å². The van der Waals surface area contributed by atoms with E-state index in [0.717, 1.165) is 49.1 Å². The molecule has 0 aromatic heterocycles. The smallest absolute Gasteiger partial charge is 0.309 e. The van der Waals surface area contributed by atoms with Crippen molar-refractivity contribution in [2.75, 3.05) is 7.05 Å². The highest BCUT2D eigenvalue weighted by molar-refractivity contribution is 6.30. The van der Waals surface area contributed by atoms with Crippen molar-refractivity contribution in [1.82, 2.24) is 10.0 Å². The molecule has 3 N–H and O–H groups in total. The maximum absolute atomic E-state index is 11.8. The SMILES string of the molecule is CC(C)C1=C2[C@H]3CC[C@@H]4C5(C)CCC(OC(O)CC(C)(C)C(=O)O)C(C)(C)C5CCC4(C)[C@]3(C)CCC2(C2=CC(O)N(Cc3ccc(Cl)cc3)N2C)CC1. The number of hydrogen-bond donors (Lipinski definition) is 3. The maximum atomic E-state index is 11.8. The minimum absolute atomic E-state index is 0.0496. The fourth-order valence-electron chi connectivity index (χ4n) is 14.1. The molecule has 0 radical (unpaired) electrons. The molecule has 7 nitrogen and oxygen atoms in total. The Morgan fingerprint density at radius 3 is 2.28 bits per heavy atom. The van der Waals surface area contributed by atoms with E-state index in [-0.39, 0.29) is 39.6 Å². The van der Waals surface area contributed by atoms with Crippen molar-refractivity contribution >= 4 is 17.6 Å². The molecular weight excluding hydrogens is 696 g/mol. The molecular formula is C46H69ClN2O5. The topological polar surface area (TPSA) is 93.5 Å². The van der Waals surface area contributed by atoms with Crippen molar-refractivity contribution < 1.29 is 24.9 Å². The highest BCUT2D eigenvalue weighted by Gasteiger charge is 2.70. The fourth-order valence-corrected chi connectivity index (χ4v) is 14.3. The van der Waals surface area contributed by atoms with E-state index in [2.05, 4.69) is 83.7 Å². The minimum atomic E-state index is -1.09. The second-order valence-electron chi connectivity index (χ2n) is 20.8. The minimum Gasteiger partial charge on any atom is -0.481 e. The zero-order chi connectivity index (χ0) is 39.4. The van der Waals surface area contributed by atoms with Gasteiger partial charge in [-0.05, 0) is 147 Å². The largest absolute Gasteiger partial charge is 0.481 e. The number of allylic oxidation sites excluding steroid dienone is 2. The first-order chi connectivity index (χ1) is 25.1. The molecule has 1 heterocycles. The predicted molar refractivity (Wildman–Crippen MR) is 215 cm³/mol. The summed E-state index contributed by atoms with van der Waals surface area (Å²) in [6.07, 6.45) is 11.7. The van der Waals surface area contributed by atoms with Crippen LogP contribution in [-0.4, -0.2) is 57.0 Å². The van der Waals surface area contributed by atoms with E-state index in [9.17, 15) is 20.1 Å². The number of carbonyl (C=O) groups is 1. The average molecular weight is 766 g/mol. The number of carboxylic acids is 1. The predicted octanol–water partition coefficient (Wildman–Crippen LogP) is 10.2. The fraction of sp³-hybridized carbons (Fsp3) is 0.761. The third-order valence-corrected chi connectivity index (χ3v) is 17.5. The van der Waals surface area contributed by atoms with Gasteiger partial charge in [0.15, 0.2) is 6.29 Å². The standard InChI is InChI=1S/C46H69ClN2O5/c1-28(2)31-17-22-46(35-25-37(50)49(48(35)10)27-29-11-13-30(47)14-12-29)24-23-44(8)32(39(31)46)15-16-34-43(7)20-19-36(54-38(51)26-41(3,4)40(52)53)42(5,6)33(43)18-21-45(34,44)9/h11-14,25,28,32-34,36-38,50-51H,15-24,26-27H2,1-10H3,(H,52,53)/t32-,33?,34-,36?,37?,38?,43?,44-,45?,46?/m1/s1. The number of fused-ring (bicyclic) bond motifs is 7. The third kappa shape index (κ3) is 5.98. The summed E-state index contributed by atoms with van der Waals surface area (Å²) in [5.41, 5.74) is 5.13. The molecule has 5 aliphatic carbocycles. The summed E-state index contributed by atoms with van der Waals surface area (Å²) < 4.78 is 6.41. The van der Waals surface area contributed by atoms with Gasteiger partial charge < -0.3 is 25.1 Å². The molecule has 0 amide bonds. The van der Waals surface area contributed by atoms with E-state index < -0.39 is 23.9 Å². The second kappa shape index (κ2) is 13.6. The van der Waals surface area contributed by atoms with Crippen LogP contribution in [0.1, 0.15) is 139 Å². The Kier molecular flexibility index (Phi) is 10.2. The Morgan fingerprint density at radius 1 is 0.944 bits per heavy atom. The van der Waals surface area contributed by atoms with Crippen LogP contribution in [-0.2, 0) is 16.1 Å². The number of hydrogen-bond acceptors (Lipinski definition) is 6. The monoisotopic (exact) mass is 764 g/mol. The van der Waals surface area contributed by atoms with Gasteiger partial charge in [-0.3, -0.25) is 4.79 Å². The van der Waals surface area contributed by atoms with E-state index in [4.69, 9.17) is 16.3 Å². The first kappa shape index (κ1) is 40.3. The Balaban J connectivity index is 1.16. The highest BCUT2D eigenvalue weighted by Crippen LogP contribution is 2.77. The van der Waals surface area contributed by atoms with Crippen molar-refractivity contribution in [1.29, 1.82) is 0 Å². The second-order valence-corrected chi connectivity index (χ2v) is 21.3. The average Bonchev–Trinajstić information content (AvgIpc) is 3.61. The van der Waals surface area contributed by atoms with Gasteiger partial charge in [0.25, 0.3) is 0 Å². The van der Waals surface area contributed by atoms with E-state index in [1.165, 1.54) is 31.4 Å². The Morgan fingerprint density at radius 2 is 1.63 bits per heavy atom. The van der Waals surface area contributed by atoms with Crippen molar-refractivity contribution in [3.8, 4) is 0 Å². The zero-order valence-corrected chi connectivity index (χ0v) is 35.6. The number of aliphatic hydroxyl groups is 2. The Hall–Kier alpha value is -1.90. The molecule has 4 saturated carbocycles. The van der Waals surface area contributed by atoms with Gasteiger partial charge in [0, 0.05) is 36.1 Å². The first-order valence-corrected chi connectivity index (χ1v) is 21.5. The van der Waals surface area contributed by atoms with Crippen LogP contribution in [0.3, 0.4) is 0 Å². The lowest BCUT2D eigenvalue weighted by Crippen LogP contribution is -2.66. The van der Waals surface area contributed by atoms with E-state index in [1.54, 1.807) is 25.0 Å². The number of aliphatic carboxylic acids is 1. The van der Waals surface area contributed by atoms with Crippen LogP contribution in [0, 0.1) is 56.2 Å². The Labute approximate surface area is 330 Å². The van der Waals surface area contributed by atoms with Crippen LogP contribution in [0.4, 0.5) is 0 Å². The first-order valence-electron chi connectivity index (χ1n) is 21.1. The Bertz CT molecular complexity index is 1690. The normalized spacial score (nSPS) is 39.9. The highest BCUT2D eigenvalue weighted by atomic mass is 35.5. The van der Waals surface area contributed by atoms with Crippen LogP contribution in [0.2, 0.25) is 5.02 Å². The molecule has 1 aliphatic heterocycles. The number of halogens is 1. The van der Waals surface area contributed by atoms with Crippen LogP contribution in [0.15, 0.2) is 47.2 Å². The number of rotatable bonds is 9. The van der Waals surface area contributed by atoms with Gasteiger partial charge in [-0.15, -0.1) is 0 Å². The number of hydrazine groups is 1. The molecule has 1 aromatic rings. The van der Waals surface area contributed by atoms with Crippen LogP contribution >= 0.6 is 11.6 Å². The van der Waals surface area contributed by atoms with Crippen LogP contribution < -0.4 is 0 Å². The third-order valence-electron chi connectivity index (χ3n) is 17.3. The summed E-state index contributed by atoms with van der Waals surface area (Å²) >= 11 is 6.21. The summed E-state index contributed by atoms with van der Waals surface area (Å²) in [4.78, 5) is 11.8. The summed E-state index contributed by atoms with van der Waals surface area (Å²) in [6.45, 7) is 21.4. The summed E-state index contributed by atoms with van der Waals surface area (Å²) in [6, 6.07) is 7.99. The lowest BCUT2D eigenvalue weighted by molar-refractivity contribution is -0.257. The van der Waals surface area contributed by atoms with Gasteiger partial charge in [-0.25, -0.2) is 0 Å². The molecule has 0 saturated heterocycles. The van der Waals surface area contributed by atoms with Crippen molar-refractivity contribution in [2.24, 2.45) is 56.2 Å². The quantitative estimate of drug-likeness (QED) is 0.170. The van der Waals surface area contributed by atoms with Gasteiger partial charge in [0.1, 0.15) is 6.23 Å². The molecule has 8 heteroatoms. The molecule has 300 valence electrons. The van der Waals surface area contributed by atoms with Gasteiger partial charge in [0.05, 0.1) is 11.5 Å². The lowest BCUT2D eigenvalue weighted by Gasteiger charge is -2.72. The molecule has 0 bridgehead atoms. The number of benzene rings is 1. The number of carboxylic acid groups (broad SMARTS) is 1. The lowest BCUT2D eigenvalue weighted by atomic mass is 9.33. The molecule has 6 aliphatic rings. The summed E-state index contributed by atoms with van der Waals surface area (Å²) in [5, 5.41) is 37.4. The molecule has 1 aromatic carbocycles. The number of ether oxygens (including phenoxy) is 1. The van der Waals surface area contributed by atoms with Gasteiger partial charge in [0.2, 0.25) is 0 Å².